The molecule has 0 unspecified atom stereocenters. The van der Waals surface area contributed by atoms with Gasteiger partial charge >= 0.3 is 0 Å². The van der Waals surface area contributed by atoms with E-state index in [0.717, 1.165) is 12.5 Å². The van der Waals surface area contributed by atoms with Gasteiger partial charge in [-0.2, -0.15) is 0 Å². The third-order valence-electron chi connectivity index (χ3n) is 3.40. The summed E-state index contributed by atoms with van der Waals surface area (Å²) in [5.41, 5.74) is -0.748. The Balaban J connectivity index is 2.23. The van der Waals surface area contributed by atoms with E-state index >= 15 is 0 Å². The van der Waals surface area contributed by atoms with Gasteiger partial charge in [0.2, 0.25) is 0 Å². The first-order valence-corrected chi connectivity index (χ1v) is 6.22. The summed E-state index contributed by atoms with van der Waals surface area (Å²) in [6.45, 7) is -0.148. The molecule has 2 rings (SSSR count). The SMILES string of the molecule is O=C(NC1(CO)CCC1)c1cc([N+](=O)[O-])ccc1Cl. The Hall–Kier alpha value is -1.66. The third kappa shape index (κ3) is 2.69. The van der Waals surface area contributed by atoms with Crippen LogP contribution in [0.25, 0.3) is 0 Å². The molecule has 7 heteroatoms. The summed E-state index contributed by atoms with van der Waals surface area (Å²) in [5, 5.41) is 22.8. The maximum atomic E-state index is 12.1. The molecule has 1 saturated carbocycles. The van der Waals surface area contributed by atoms with Gasteiger partial charge in [0, 0.05) is 12.1 Å². The number of rotatable bonds is 4. The zero-order valence-electron chi connectivity index (χ0n) is 10.1. The van der Waals surface area contributed by atoms with Crippen LogP contribution in [0.15, 0.2) is 18.2 Å². The quantitative estimate of drug-likeness (QED) is 0.652. The largest absolute Gasteiger partial charge is 0.394 e. The first-order chi connectivity index (χ1) is 8.97. The van der Waals surface area contributed by atoms with E-state index in [1.807, 2.05) is 0 Å². The van der Waals surface area contributed by atoms with Crippen molar-refractivity contribution in [3.8, 4) is 0 Å². The van der Waals surface area contributed by atoms with E-state index < -0.39 is 16.4 Å². The Labute approximate surface area is 114 Å². The average Bonchev–Trinajstić information content (AvgIpc) is 2.33. The second-order valence-electron chi connectivity index (χ2n) is 4.67. The van der Waals surface area contributed by atoms with Crippen LogP contribution in [0.1, 0.15) is 29.6 Å². The van der Waals surface area contributed by atoms with Crippen molar-refractivity contribution in [3.63, 3.8) is 0 Å². The number of nitrogens with zero attached hydrogens (tertiary/aromatic N) is 1. The Bertz CT molecular complexity index is 523. The highest BCUT2D eigenvalue weighted by atomic mass is 35.5. The lowest BCUT2D eigenvalue weighted by Gasteiger charge is -2.40. The number of non-ortho nitro benzene ring substituents is 1. The van der Waals surface area contributed by atoms with Crippen LogP contribution in [0.5, 0.6) is 0 Å². The molecule has 19 heavy (non-hydrogen) atoms. The number of nitrogens with one attached hydrogen (secondary N) is 1. The molecule has 2 N–H and O–H groups in total. The predicted octanol–water partition coefficient (Wildman–Crippen LogP) is 1.89. The minimum absolute atomic E-state index is 0.0515. The Morgan fingerprint density at radius 1 is 1.53 bits per heavy atom. The average molecular weight is 285 g/mol. The lowest BCUT2D eigenvalue weighted by atomic mass is 9.77. The minimum Gasteiger partial charge on any atom is -0.394 e. The highest BCUT2D eigenvalue weighted by Gasteiger charge is 2.38. The zero-order chi connectivity index (χ0) is 14.0. The number of nitro groups is 1. The van der Waals surface area contributed by atoms with Crippen LogP contribution >= 0.6 is 11.6 Å². The molecule has 1 amide bonds. The normalized spacial score (nSPS) is 16.5. The maximum absolute atomic E-state index is 12.1. The molecule has 6 nitrogen and oxygen atoms in total. The number of nitro benzene ring substituents is 1. The van der Waals surface area contributed by atoms with Gasteiger partial charge in [-0.15, -0.1) is 0 Å². The molecule has 0 aromatic heterocycles. The standard InChI is InChI=1S/C12H13ClN2O4/c13-10-3-2-8(15(18)19)6-9(10)11(17)14-12(7-16)4-1-5-12/h2-3,6,16H,1,4-5,7H2,(H,14,17). The topological polar surface area (TPSA) is 92.5 Å². The van der Waals surface area contributed by atoms with Gasteiger partial charge in [0.15, 0.2) is 0 Å². The number of benzene rings is 1. The summed E-state index contributed by atoms with van der Waals surface area (Å²) in [5.74, 6) is -0.498. The highest BCUT2D eigenvalue weighted by Crippen LogP contribution is 2.32. The first kappa shape index (κ1) is 13.8. The number of hydrogen-bond donors (Lipinski definition) is 2. The van der Waals surface area contributed by atoms with Crippen molar-refractivity contribution < 1.29 is 14.8 Å². The number of carbonyl (C=O) groups excluding carboxylic acids is 1. The van der Waals surface area contributed by atoms with Gasteiger partial charge in [-0.3, -0.25) is 14.9 Å². The van der Waals surface area contributed by atoms with Crippen LogP contribution in [-0.2, 0) is 0 Å². The molecule has 1 aromatic rings. The molecule has 1 aliphatic carbocycles. The first-order valence-electron chi connectivity index (χ1n) is 5.85. The molecule has 1 fully saturated rings. The van der Waals surface area contributed by atoms with Crippen molar-refractivity contribution in [2.24, 2.45) is 0 Å². The Morgan fingerprint density at radius 3 is 2.68 bits per heavy atom. The molecule has 0 radical (unpaired) electrons. The number of amides is 1. The molecule has 0 aliphatic heterocycles. The van der Waals surface area contributed by atoms with Crippen molar-refractivity contribution in [2.75, 3.05) is 6.61 Å². The molecule has 0 bridgehead atoms. The van der Waals surface area contributed by atoms with Gasteiger partial charge in [-0.1, -0.05) is 11.6 Å². The van der Waals surface area contributed by atoms with Crippen LogP contribution in [0, 0.1) is 10.1 Å². The van der Waals surface area contributed by atoms with Crippen LogP contribution < -0.4 is 5.32 Å². The zero-order valence-corrected chi connectivity index (χ0v) is 10.8. The van der Waals surface area contributed by atoms with E-state index in [2.05, 4.69) is 5.32 Å². The fourth-order valence-corrected chi connectivity index (χ4v) is 2.24. The molecule has 0 atom stereocenters. The van der Waals surface area contributed by atoms with Crippen LogP contribution in [0.3, 0.4) is 0 Å². The van der Waals surface area contributed by atoms with E-state index in [4.69, 9.17) is 11.6 Å². The lowest BCUT2D eigenvalue weighted by Crippen LogP contribution is -2.56. The second kappa shape index (κ2) is 5.14. The number of halogens is 1. The summed E-state index contributed by atoms with van der Waals surface area (Å²) in [4.78, 5) is 22.2. The fraction of sp³-hybridized carbons (Fsp3) is 0.417. The van der Waals surface area contributed by atoms with Gasteiger partial charge in [-0.05, 0) is 25.3 Å². The lowest BCUT2D eigenvalue weighted by molar-refractivity contribution is -0.384. The molecular formula is C12H13ClN2O4. The van der Waals surface area contributed by atoms with E-state index in [-0.39, 0.29) is 22.9 Å². The Morgan fingerprint density at radius 2 is 2.21 bits per heavy atom. The third-order valence-corrected chi connectivity index (χ3v) is 3.73. The molecule has 0 saturated heterocycles. The van der Waals surface area contributed by atoms with Crippen LogP contribution in [-0.4, -0.2) is 28.1 Å². The van der Waals surface area contributed by atoms with Crippen molar-refractivity contribution in [3.05, 3.63) is 38.9 Å². The van der Waals surface area contributed by atoms with Gasteiger partial charge in [-0.25, -0.2) is 0 Å². The molecule has 1 aromatic carbocycles. The molecule has 0 spiro atoms. The summed E-state index contributed by atoms with van der Waals surface area (Å²) >= 11 is 5.88. The summed E-state index contributed by atoms with van der Waals surface area (Å²) in [7, 11) is 0. The predicted molar refractivity (Wildman–Crippen MR) is 69.2 cm³/mol. The second-order valence-corrected chi connectivity index (χ2v) is 5.07. The molecule has 1 aliphatic rings. The minimum atomic E-state index is -0.606. The Kier molecular flexibility index (Phi) is 3.73. The number of carbonyl (C=O) groups is 1. The van der Waals surface area contributed by atoms with Crippen molar-refractivity contribution in [1.29, 1.82) is 0 Å². The van der Waals surface area contributed by atoms with E-state index in [1.54, 1.807) is 0 Å². The summed E-state index contributed by atoms with van der Waals surface area (Å²) in [6, 6.07) is 3.70. The number of aliphatic hydroxyl groups excluding tert-OH is 1. The molecule has 102 valence electrons. The van der Waals surface area contributed by atoms with E-state index in [9.17, 15) is 20.0 Å². The van der Waals surface area contributed by atoms with Gasteiger partial charge in [0.05, 0.1) is 27.7 Å². The highest BCUT2D eigenvalue weighted by molar-refractivity contribution is 6.34. The van der Waals surface area contributed by atoms with Crippen molar-refractivity contribution >= 4 is 23.2 Å². The van der Waals surface area contributed by atoms with Crippen molar-refractivity contribution in [2.45, 2.75) is 24.8 Å². The van der Waals surface area contributed by atoms with Crippen molar-refractivity contribution in [1.82, 2.24) is 5.32 Å². The smallest absolute Gasteiger partial charge is 0.270 e. The van der Waals surface area contributed by atoms with E-state index in [1.165, 1.54) is 12.1 Å². The monoisotopic (exact) mass is 284 g/mol. The molecule has 0 heterocycles. The van der Waals surface area contributed by atoms with Gasteiger partial charge < -0.3 is 10.4 Å². The van der Waals surface area contributed by atoms with E-state index in [0.29, 0.717) is 12.8 Å². The molecular weight excluding hydrogens is 272 g/mol. The van der Waals surface area contributed by atoms with Crippen LogP contribution in [0.2, 0.25) is 5.02 Å². The summed E-state index contributed by atoms with van der Waals surface area (Å²) in [6.07, 6.45) is 2.33. The van der Waals surface area contributed by atoms with Crippen LogP contribution in [0.4, 0.5) is 5.69 Å². The number of hydrogen-bond acceptors (Lipinski definition) is 4. The number of aliphatic hydroxyl groups is 1. The van der Waals surface area contributed by atoms with Gasteiger partial charge in [0.25, 0.3) is 11.6 Å². The van der Waals surface area contributed by atoms with Gasteiger partial charge in [0.1, 0.15) is 0 Å². The maximum Gasteiger partial charge on any atom is 0.270 e. The summed E-state index contributed by atoms with van der Waals surface area (Å²) < 4.78 is 0. The fourth-order valence-electron chi connectivity index (χ4n) is 2.04.